The van der Waals surface area contributed by atoms with Crippen molar-refractivity contribution in [1.29, 1.82) is 0 Å². The summed E-state index contributed by atoms with van der Waals surface area (Å²) in [5.41, 5.74) is 6.19. The van der Waals surface area contributed by atoms with Gasteiger partial charge in [0.25, 0.3) is 0 Å². The zero-order valence-electron chi connectivity index (χ0n) is 12.1. The normalized spacial score (nSPS) is 32.9. The maximum atomic E-state index is 11.9. The molecule has 4 atom stereocenters. The van der Waals surface area contributed by atoms with Crippen LogP contribution in [-0.4, -0.2) is 56.2 Å². The summed E-state index contributed by atoms with van der Waals surface area (Å²) in [7, 11) is 1.65. The van der Waals surface area contributed by atoms with E-state index in [-0.39, 0.29) is 11.9 Å². The number of hydrogen-bond donors (Lipinski definition) is 2. The first-order chi connectivity index (χ1) is 9.10. The summed E-state index contributed by atoms with van der Waals surface area (Å²) in [5, 5.41) is 2.96. The van der Waals surface area contributed by atoms with E-state index < -0.39 is 0 Å². The summed E-state index contributed by atoms with van der Waals surface area (Å²) in [6, 6.07) is 0.406. The first-order valence-corrected chi connectivity index (χ1v) is 7.36. The van der Waals surface area contributed by atoms with E-state index in [0.717, 1.165) is 19.5 Å². The van der Waals surface area contributed by atoms with E-state index in [1.807, 2.05) is 6.92 Å². The number of nitrogens with two attached hydrogens (primary N) is 1. The standard InChI is InChI=1S/C14H27N3O2/c1-10(9-19-2)16-14(18)8-17-6-11-4-3-5-13(15)12(11)7-17/h10-13H,3-9,15H2,1-2H3,(H,16,18). The highest BCUT2D eigenvalue weighted by atomic mass is 16.5. The van der Waals surface area contributed by atoms with E-state index in [1.54, 1.807) is 7.11 Å². The molecule has 5 heteroatoms. The summed E-state index contributed by atoms with van der Waals surface area (Å²) in [4.78, 5) is 14.2. The second-order valence-electron chi connectivity index (χ2n) is 6.14. The second kappa shape index (κ2) is 6.68. The number of rotatable bonds is 5. The van der Waals surface area contributed by atoms with Gasteiger partial charge < -0.3 is 15.8 Å². The maximum absolute atomic E-state index is 11.9. The topological polar surface area (TPSA) is 67.6 Å². The lowest BCUT2D eigenvalue weighted by molar-refractivity contribution is -0.123. The average Bonchev–Trinajstić information content (AvgIpc) is 2.72. The van der Waals surface area contributed by atoms with Crippen molar-refractivity contribution in [2.45, 2.75) is 38.3 Å². The van der Waals surface area contributed by atoms with E-state index in [1.165, 1.54) is 12.8 Å². The van der Waals surface area contributed by atoms with Gasteiger partial charge in [0.05, 0.1) is 13.2 Å². The lowest BCUT2D eigenvalue weighted by atomic mass is 9.78. The molecule has 0 aromatic carbocycles. The molecule has 3 N–H and O–H groups in total. The van der Waals surface area contributed by atoms with Crippen LogP contribution in [0.2, 0.25) is 0 Å². The van der Waals surface area contributed by atoms with E-state index in [0.29, 0.717) is 31.0 Å². The fraction of sp³-hybridized carbons (Fsp3) is 0.929. The lowest BCUT2D eigenvalue weighted by Gasteiger charge is -2.29. The molecule has 2 rings (SSSR count). The molecule has 4 unspecified atom stereocenters. The van der Waals surface area contributed by atoms with Crippen molar-refractivity contribution in [3.63, 3.8) is 0 Å². The van der Waals surface area contributed by atoms with Gasteiger partial charge in [0, 0.05) is 32.3 Å². The van der Waals surface area contributed by atoms with Crippen molar-refractivity contribution < 1.29 is 9.53 Å². The summed E-state index contributed by atoms with van der Waals surface area (Å²) in [6.45, 7) is 5.03. The van der Waals surface area contributed by atoms with Gasteiger partial charge >= 0.3 is 0 Å². The molecule has 0 spiro atoms. The highest BCUT2D eigenvalue weighted by Crippen LogP contribution is 2.35. The van der Waals surface area contributed by atoms with Crippen molar-refractivity contribution in [1.82, 2.24) is 10.2 Å². The molecule has 1 aliphatic heterocycles. The van der Waals surface area contributed by atoms with Crippen LogP contribution in [-0.2, 0) is 9.53 Å². The number of likely N-dealkylation sites (tertiary alicyclic amines) is 1. The van der Waals surface area contributed by atoms with E-state index in [2.05, 4.69) is 10.2 Å². The monoisotopic (exact) mass is 269 g/mol. The number of fused-ring (bicyclic) bond motifs is 1. The van der Waals surface area contributed by atoms with Crippen molar-refractivity contribution >= 4 is 5.91 Å². The Morgan fingerprint density at radius 1 is 1.47 bits per heavy atom. The Bertz CT molecular complexity index is 311. The molecule has 0 radical (unpaired) electrons. The molecule has 2 fully saturated rings. The molecule has 1 saturated carbocycles. The largest absolute Gasteiger partial charge is 0.383 e. The van der Waals surface area contributed by atoms with Gasteiger partial charge in [0.2, 0.25) is 5.91 Å². The summed E-state index contributed by atoms with van der Waals surface area (Å²) < 4.78 is 5.02. The van der Waals surface area contributed by atoms with Crippen molar-refractivity contribution in [2.24, 2.45) is 17.6 Å². The number of methoxy groups -OCH3 is 1. The fourth-order valence-corrected chi connectivity index (χ4v) is 3.55. The molecule has 1 aliphatic carbocycles. The van der Waals surface area contributed by atoms with Crippen molar-refractivity contribution in [3.05, 3.63) is 0 Å². The van der Waals surface area contributed by atoms with Crippen LogP contribution in [0.15, 0.2) is 0 Å². The van der Waals surface area contributed by atoms with Gasteiger partial charge in [-0.2, -0.15) is 0 Å². The van der Waals surface area contributed by atoms with Crippen LogP contribution in [0.25, 0.3) is 0 Å². The van der Waals surface area contributed by atoms with Gasteiger partial charge in [0.1, 0.15) is 0 Å². The Morgan fingerprint density at radius 3 is 2.95 bits per heavy atom. The molecule has 0 bridgehead atoms. The smallest absolute Gasteiger partial charge is 0.234 e. The van der Waals surface area contributed by atoms with Crippen LogP contribution in [0.4, 0.5) is 0 Å². The van der Waals surface area contributed by atoms with E-state index in [4.69, 9.17) is 10.5 Å². The van der Waals surface area contributed by atoms with Crippen LogP contribution in [0, 0.1) is 11.8 Å². The minimum absolute atomic E-state index is 0.0737. The maximum Gasteiger partial charge on any atom is 0.234 e. The predicted octanol–water partition coefficient (Wildman–Crippen LogP) is 0.197. The Labute approximate surface area is 115 Å². The fourth-order valence-electron chi connectivity index (χ4n) is 3.55. The summed E-state index contributed by atoms with van der Waals surface area (Å²) in [6.07, 6.45) is 3.66. The molecule has 1 heterocycles. The quantitative estimate of drug-likeness (QED) is 0.748. The number of nitrogens with one attached hydrogen (secondary N) is 1. The molecule has 0 aromatic rings. The van der Waals surface area contributed by atoms with E-state index in [9.17, 15) is 4.79 Å². The minimum Gasteiger partial charge on any atom is -0.383 e. The van der Waals surface area contributed by atoms with Crippen LogP contribution in [0.3, 0.4) is 0 Å². The number of carbonyl (C=O) groups is 1. The third kappa shape index (κ3) is 3.91. The van der Waals surface area contributed by atoms with Crippen molar-refractivity contribution in [3.8, 4) is 0 Å². The lowest BCUT2D eigenvalue weighted by Crippen LogP contribution is -2.42. The first-order valence-electron chi connectivity index (χ1n) is 7.36. The average molecular weight is 269 g/mol. The van der Waals surface area contributed by atoms with Gasteiger partial charge in [-0.15, -0.1) is 0 Å². The minimum atomic E-state index is 0.0737. The highest BCUT2D eigenvalue weighted by molar-refractivity contribution is 5.78. The molecule has 110 valence electrons. The molecule has 19 heavy (non-hydrogen) atoms. The van der Waals surface area contributed by atoms with Gasteiger partial charge in [-0.3, -0.25) is 9.69 Å². The van der Waals surface area contributed by atoms with Gasteiger partial charge in [-0.1, -0.05) is 6.42 Å². The molecular weight excluding hydrogens is 242 g/mol. The zero-order valence-corrected chi connectivity index (χ0v) is 12.1. The third-order valence-corrected chi connectivity index (χ3v) is 4.42. The van der Waals surface area contributed by atoms with E-state index >= 15 is 0 Å². The first kappa shape index (κ1) is 14.8. The Kier molecular flexibility index (Phi) is 5.19. The SMILES string of the molecule is COCC(C)NC(=O)CN1CC2CCCC(N)C2C1. The molecule has 1 amide bonds. The predicted molar refractivity (Wildman–Crippen MR) is 74.7 cm³/mol. The Morgan fingerprint density at radius 2 is 2.26 bits per heavy atom. The highest BCUT2D eigenvalue weighted by Gasteiger charge is 2.38. The molecule has 0 aromatic heterocycles. The van der Waals surface area contributed by atoms with Crippen molar-refractivity contribution in [2.75, 3.05) is 33.4 Å². The molecular formula is C14H27N3O2. The number of ether oxygens (including phenoxy) is 1. The number of carbonyl (C=O) groups excluding carboxylic acids is 1. The molecule has 1 saturated heterocycles. The summed E-state index contributed by atoms with van der Waals surface area (Å²) in [5.74, 6) is 1.39. The Balaban J connectivity index is 1.76. The number of hydrogen-bond acceptors (Lipinski definition) is 4. The van der Waals surface area contributed by atoms with Gasteiger partial charge in [-0.25, -0.2) is 0 Å². The summed E-state index contributed by atoms with van der Waals surface area (Å²) >= 11 is 0. The number of amides is 1. The van der Waals surface area contributed by atoms with Crippen LogP contribution in [0.5, 0.6) is 0 Å². The van der Waals surface area contributed by atoms with Crippen LogP contribution < -0.4 is 11.1 Å². The van der Waals surface area contributed by atoms with Crippen LogP contribution in [0.1, 0.15) is 26.2 Å². The second-order valence-corrected chi connectivity index (χ2v) is 6.14. The van der Waals surface area contributed by atoms with Gasteiger partial charge in [0.15, 0.2) is 0 Å². The molecule has 5 nitrogen and oxygen atoms in total. The zero-order chi connectivity index (χ0) is 13.8. The molecule has 2 aliphatic rings. The van der Waals surface area contributed by atoms with Gasteiger partial charge in [-0.05, 0) is 31.6 Å². The number of nitrogens with zero attached hydrogens (tertiary/aromatic N) is 1. The third-order valence-electron chi connectivity index (χ3n) is 4.42. The van der Waals surface area contributed by atoms with Crippen LogP contribution >= 0.6 is 0 Å². The Hall–Kier alpha value is -0.650.